The number of hydrogen-bond acceptors (Lipinski definition) is 6. The zero-order valence-corrected chi connectivity index (χ0v) is 28.8. The van der Waals surface area contributed by atoms with E-state index in [1.165, 1.54) is 24.9 Å². The maximum Gasteiger partial charge on any atom is 0.414 e. The lowest BCUT2D eigenvalue weighted by Gasteiger charge is -2.28. The van der Waals surface area contributed by atoms with E-state index in [9.17, 15) is 32.3 Å². The molecule has 3 N–H and O–H groups in total. The molecule has 1 aromatic heterocycles. The van der Waals surface area contributed by atoms with Gasteiger partial charge in [-0.05, 0) is 93.5 Å². The molecule has 0 aliphatic heterocycles. The summed E-state index contributed by atoms with van der Waals surface area (Å²) in [6, 6.07) is 11.2. The average Bonchev–Trinajstić information content (AvgIpc) is 4.04. The number of rotatable bonds is 14. The zero-order chi connectivity index (χ0) is 37.0. The molecule has 0 saturated heterocycles. The molecule has 2 aliphatic carbocycles. The van der Waals surface area contributed by atoms with Crippen molar-refractivity contribution in [3.8, 4) is 0 Å². The number of benzene rings is 2. The number of nitrogens with one attached hydrogen (secondary N) is 3. The van der Waals surface area contributed by atoms with Crippen molar-refractivity contribution in [2.75, 3.05) is 23.8 Å². The zero-order valence-electron chi connectivity index (χ0n) is 28.8. The molecule has 1 unspecified atom stereocenters. The first-order valence-electron chi connectivity index (χ1n) is 16.9. The minimum Gasteiger partial charge on any atom is -0.444 e. The van der Waals surface area contributed by atoms with Crippen molar-refractivity contribution in [3.63, 3.8) is 0 Å². The Morgan fingerprint density at radius 2 is 1.63 bits per heavy atom. The quantitative estimate of drug-likeness (QED) is 0.167. The first-order valence-corrected chi connectivity index (χ1v) is 16.9. The van der Waals surface area contributed by atoms with Crippen molar-refractivity contribution in [1.82, 2.24) is 20.4 Å². The number of carbonyl (C=O) groups is 4. The monoisotopic (exact) mass is 714 g/mol. The Labute approximate surface area is 293 Å². The summed E-state index contributed by atoms with van der Waals surface area (Å²) in [7, 11) is 1.30. The molecule has 2 saturated carbocycles. The first-order chi connectivity index (χ1) is 24.1. The molecule has 0 bridgehead atoms. The summed E-state index contributed by atoms with van der Waals surface area (Å²) in [5, 5.41) is 11.5. The molecule has 11 nitrogen and oxygen atoms in total. The molecule has 2 aliphatic rings. The van der Waals surface area contributed by atoms with E-state index in [2.05, 4.69) is 15.7 Å². The fraction of sp³-hybridized carbons (Fsp3) is 0.472. The highest BCUT2D eigenvalue weighted by Crippen LogP contribution is 2.51. The minimum atomic E-state index is -4.69. The highest BCUT2D eigenvalue weighted by molar-refractivity contribution is 6.02. The lowest BCUT2D eigenvalue weighted by Crippen LogP contribution is -2.50. The van der Waals surface area contributed by atoms with Gasteiger partial charge in [-0.15, -0.1) is 0 Å². The van der Waals surface area contributed by atoms with Crippen LogP contribution in [0.5, 0.6) is 0 Å². The highest BCUT2D eigenvalue weighted by atomic mass is 19.4. The summed E-state index contributed by atoms with van der Waals surface area (Å²) in [6.45, 7) is 3.28. The summed E-state index contributed by atoms with van der Waals surface area (Å²) < 4.78 is 61.5. The summed E-state index contributed by atoms with van der Waals surface area (Å²) in [6.07, 6.45) is -0.530. The smallest absolute Gasteiger partial charge is 0.414 e. The van der Waals surface area contributed by atoms with Gasteiger partial charge in [-0.2, -0.15) is 18.3 Å². The van der Waals surface area contributed by atoms with Gasteiger partial charge in [0.05, 0.1) is 17.3 Å². The molecule has 0 spiro atoms. The van der Waals surface area contributed by atoms with Crippen LogP contribution < -0.4 is 20.9 Å². The van der Waals surface area contributed by atoms with Crippen LogP contribution in [0.15, 0.2) is 54.7 Å². The standard InChI is InChI=1S/C36H42F4N6O5/c1-20(2)46-28(14-15-42-46)33(48)44-31(30(23-10-11-23)24-12-13-24)34(49)43-27-17-29(45(4)35(50)51-18-22-8-6-5-7-9-22)25(16-26(27)37)21(3)32(47)41-19-36(38,39)40/h5-9,14-17,20-21,23-24,30-31H,10-13,18-19H2,1-4H3,(H,41,47)(H,43,49)(H,44,48)/t21?,31-/m0/s1. The van der Waals surface area contributed by atoms with Crippen LogP contribution >= 0.6 is 0 Å². The fourth-order valence-corrected chi connectivity index (χ4v) is 6.27. The molecule has 5 rings (SSSR count). The van der Waals surface area contributed by atoms with Crippen molar-refractivity contribution < 1.29 is 41.5 Å². The van der Waals surface area contributed by atoms with E-state index in [-0.39, 0.29) is 53.0 Å². The van der Waals surface area contributed by atoms with Crippen molar-refractivity contribution in [2.24, 2.45) is 17.8 Å². The Balaban J connectivity index is 1.45. The van der Waals surface area contributed by atoms with E-state index in [1.54, 1.807) is 41.7 Å². The predicted molar refractivity (Wildman–Crippen MR) is 180 cm³/mol. The van der Waals surface area contributed by atoms with E-state index in [0.717, 1.165) is 42.7 Å². The summed E-state index contributed by atoms with van der Waals surface area (Å²) in [5.74, 6) is -4.38. The summed E-state index contributed by atoms with van der Waals surface area (Å²) >= 11 is 0. The number of carbonyl (C=O) groups excluding carboxylic acids is 4. The highest BCUT2D eigenvalue weighted by Gasteiger charge is 2.48. The number of alkyl halides is 3. The second-order valence-corrected chi connectivity index (χ2v) is 13.5. The third-order valence-electron chi connectivity index (χ3n) is 9.22. The molecule has 2 atom stereocenters. The number of ether oxygens (including phenoxy) is 1. The molecule has 2 fully saturated rings. The average molecular weight is 715 g/mol. The van der Waals surface area contributed by atoms with Crippen LogP contribution in [0, 0.1) is 23.6 Å². The van der Waals surface area contributed by atoms with Crippen LogP contribution in [0.1, 0.15) is 80.0 Å². The maximum atomic E-state index is 15.9. The second kappa shape index (κ2) is 15.5. The molecule has 51 heavy (non-hydrogen) atoms. The number of amides is 4. The van der Waals surface area contributed by atoms with Gasteiger partial charge in [0.25, 0.3) is 5.91 Å². The maximum absolute atomic E-state index is 15.9. The van der Waals surface area contributed by atoms with Gasteiger partial charge < -0.3 is 20.7 Å². The van der Waals surface area contributed by atoms with Gasteiger partial charge in [-0.3, -0.25) is 24.0 Å². The molecule has 3 aromatic rings. The molecule has 2 aromatic carbocycles. The topological polar surface area (TPSA) is 135 Å². The van der Waals surface area contributed by atoms with Crippen LogP contribution in [0.4, 0.5) is 33.7 Å². The van der Waals surface area contributed by atoms with Crippen molar-refractivity contribution in [3.05, 3.63) is 77.4 Å². The molecule has 1 heterocycles. The third-order valence-corrected chi connectivity index (χ3v) is 9.22. The van der Waals surface area contributed by atoms with Crippen LogP contribution in [0.2, 0.25) is 0 Å². The van der Waals surface area contributed by atoms with E-state index in [4.69, 9.17) is 4.74 Å². The Hall–Kier alpha value is -4.95. The van der Waals surface area contributed by atoms with Gasteiger partial charge in [0.1, 0.15) is 30.7 Å². The Kier molecular flexibility index (Phi) is 11.4. The Morgan fingerprint density at radius 3 is 2.22 bits per heavy atom. The van der Waals surface area contributed by atoms with Crippen molar-refractivity contribution in [2.45, 2.75) is 77.2 Å². The SMILES string of the molecule is CC(C(=O)NCC(F)(F)F)c1cc(F)c(NC(=O)[C@@H](NC(=O)c2ccnn2C(C)C)C(C2CC2)C2CC2)cc1N(C)C(=O)OCc1ccccc1. The number of aromatic nitrogens is 2. The Morgan fingerprint density at radius 1 is 0.980 bits per heavy atom. The van der Waals surface area contributed by atoms with E-state index < -0.39 is 54.3 Å². The van der Waals surface area contributed by atoms with Crippen LogP contribution in [0.25, 0.3) is 0 Å². The van der Waals surface area contributed by atoms with Crippen molar-refractivity contribution in [1.29, 1.82) is 0 Å². The summed E-state index contributed by atoms with van der Waals surface area (Å²) in [4.78, 5) is 54.7. The Bertz CT molecular complexity index is 1730. The largest absolute Gasteiger partial charge is 0.444 e. The first kappa shape index (κ1) is 37.3. The lowest BCUT2D eigenvalue weighted by molar-refractivity contribution is -0.139. The predicted octanol–water partition coefficient (Wildman–Crippen LogP) is 6.33. The third kappa shape index (κ3) is 9.44. The number of hydrogen-bond donors (Lipinski definition) is 3. The molecule has 15 heteroatoms. The second-order valence-electron chi connectivity index (χ2n) is 13.5. The minimum absolute atomic E-state index is 0.0817. The van der Waals surface area contributed by atoms with E-state index in [0.29, 0.717) is 5.56 Å². The molecular weight excluding hydrogens is 672 g/mol. The van der Waals surface area contributed by atoms with Gasteiger partial charge in [0.15, 0.2) is 0 Å². The van der Waals surface area contributed by atoms with Crippen LogP contribution in [0.3, 0.4) is 0 Å². The molecular formula is C36H42F4N6O5. The lowest BCUT2D eigenvalue weighted by atomic mass is 9.88. The number of nitrogens with zero attached hydrogens (tertiary/aromatic N) is 3. The van der Waals surface area contributed by atoms with Crippen LogP contribution in [-0.4, -0.2) is 59.4 Å². The molecule has 0 radical (unpaired) electrons. The van der Waals surface area contributed by atoms with Gasteiger partial charge in [-0.1, -0.05) is 30.3 Å². The van der Waals surface area contributed by atoms with Crippen molar-refractivity contribution >= 4 is 35.2 Å². The van der Waals surface area contributed by atoms with Gasteiger partial charge in [-0.25, -0.2) is 9.18 Å². The molecule has 4 amide bonds. The van der Waals surface area contributed by atoms with Gasteiger partial charge in [0, 0.05) is 19.3 Å². The van der Waals surface area contributed by atoms with Gasteiger partial charge in [0.2, 0.25) is 11.8 Å². The summed E-state index contributed by atoms with van der Waals surface area (Å²) in [5.41, 5.74) is 0.379. The number of anilines is 2. The van der Waals surface area contributed by atoms with E-state index in [1.807, 2.05) is 13.8 Å². The number of halogens is 4. The normalized spacial score (nSPS) is 15.6. The van der Waals surface area contributed by atoms with Gasteiger partial charge >= 0.3 is 12.3 Å². The molecule has 274 valence electrons. The van der Waals surface area contributed by atoms with Crippen LogP contribution in [-0.2, 0) is 20.9 Å². The fourth-order valence-electron chi connectivity index (χ4n) is 6.27. The van der Waals surface area contributed by atoms with E-state index >= 15 is 4.39 Å².